The number of rotatable bonds is 8. The van der Waals surface area contributed by atoms with Gasteiger partial charge in [-0.1, -0.05) is 121 Å². The van der Waals surface area contributed by atoms with Gasteiger partial charge in [0, 0.05) is 39.0 Å². The van der Waals surface area contributed by atoms with Crippen molar-refractivity contribution in [2.75, 3.05) is 28.4 Å². The summed E-state index contributed by atoms with van der Waals surface area (Å²) >= 11 is 0. The third kappa shape index (κ3) is 6.46. The second-order valence-corrected chi connectivity index (χ2v) is 13.3. The normalized spacial score (nSPS) is 11.9. The summed E-state index contributed by atoms with van der Waals surface area (Å²) in [6.45, 7) is 0. The van der Waals surface area contributed by atoms with E-state index in [0.717, 1.165) is 66.9 Å². The van der Waals surface area contributed by atoms with Gasteiger partial charge in [0.2, 0.25) is 0 Å². The third-order valence-electron chi connectivity index (χ3n) is 10.1. The summed E-state index contributed by atoms with van der Waals surface area (Å²) in [5, 5.41) is 0. The van der Waals surface area contributed by atoms with Gasteiger partial charge in [-0.25, -0.2) is 9.97 Å². The Labute approximate surface area is 340 Å². The van der Waals surface area contributed by atoms with E-state index in [1.54, 1.807) is 28.4 Å². The van der Waals surface area contributed by atoms with E-state index in [4.69, 9.17) is 28.9 Å². The number of hydrogen-bond acceptors (Lipinski definition) is 6. The van der Waals surface area contributed by atoms with Crippen molar-refractivity contribution in [2.24, 2.45) is 0 Å². The number of aromatic amines is 2. The van der Waals surface area contributed by atoms with Crippen molar-refractivity contribution >= 4 is 45.6 Å². The molecule has 0 saturated carbocycles. The minimum Gasteiger partial charge on any atom is -0.494 e. The predicted molar refractivity (Wildman–Crippen MR) is 225 cm³/mol. The van der Waals surface area contributed by atoms with Gasteiger partial charge in [0.15, 0.2) is 28.7 Å². The summed E-state index contributed by atoms with van der Waals surface area (Å²) in [4.78, 5) is 18.1. The van der Waals surface area contributed by atoms with E-state index in [0.29, 0.717) is 45.4 Å². The molecule has 283 valence electrons. The molecule has 5 heterocycles. The van der Waals surface area contributed by atoms with Crippen molar-refractivity contribution < 1.29 is 35.7 Å². The van der Waals surface area contributed by atoms with Crippen molar-refractivity contribution in [2.45, 2.75) is 0 Å². The first kappa shape index (κ1) is 37.1. The topological polar surface area (TPSA) is 94.3 Å². The van der Waals surface area contributed by atoms with Gasteiger partial charge < -0.3 is 28.9 Å². The Kier molecular flexibility index (Phi) is 10.3. The molecule has 8 bridgehead atoms. The number of benzene rings is 4. The van der Waals surface area contributed by atoms with E-state index < -0.39 is 0 Å². The number of methoxy groups -OCH3 is 4. The van der Waals surface area contributed by atoms with Gasteiger partial charge in [0.1, 0.15) is 5.52 Å². The third-order valence-corrected chi connectivity index (χ3v) is 10.1. The molecular weight excluding hydrogens is 755 g/mol. The Morgan fingerprint density at radius 3 is 1.42 bits per heavy atom. The van der Waals surface area contributed by atoms with Crippen LogP contribution in [0.3, 0.4) is 0 Å². The van der Waals surface area contributed by atoms with E-state index in [1.807, 2.05) is 54.6 Å². The summed E-state index contributed by atoms with van der Waals surface area (Å²) in [7, 11) is 6.52. The van der Waals surface area contributed by atoms with Crippen molar-refractivity contribution in [1.82, 2.24) is 19.9 Å². The molecule has 2 aliphatic rings. The van der Waals surface area contributed by atoms with E-state index in [2.05, 4.69) is 101 Å². The molecule has 9 heteroatoms. The van der Waals surface area contributed by atoms with E-state index in [9.17, 15) is 0 Å². The SMILES string of the molecule is COC1=C(c2ccccc2)c2nc1c(OC)c1[nH]c(cc3nc(cc4[nH]c(c2-c2ccccc2)c(-c2ccccc2)c4-c2ccccc2)C=C3)c(OC)c1OC.[Co]. The largest absolute Gasteiger partial charge is 0.494 e. The number of hydrogen-bond donors (Lipinski definition) is 2. The molecule has 57 heavy (non-hydrogen) atoms. The van der Waals surface area contributed by atoms with E-state index in [-0.39, 0.29) is 16.8 Å². The first-order valence-corrected chi connectivity index (χ1v) is 18.3. The molecule has 8 nitrogen and oxygen atoms in total. The van der Waals surface area contributed by atoms with Crippen LogP contribution in [0.4, 0.5) is 0 Å². The van der Waals surface area contributed by atoms with Crippen LogP contribution in [0.25, 0.3) is 78.9 Å². The van der Waals surface area contributed by atoms with Crippen LogP contribution in [0.15, 0.2) is 133 Å². The van der Waals surface area contributed by atoms with Crippen LogP contribution in [0.1, 0.15) is 28.3 Å². The van der Waals surface area contributed by atoms with Crippen LogP contribution in [-0.4, -0.2) is 48.4 Å². The van der Waals surface area contributed by atoms with Gasteiger partial charge in [-0.2, -0.15) is 0 Å². The van der Waals surface area contributed by atoms with Gasteiger partial charge in [0.25, 0.3) is 0 Å². The number of nitrogens with one attached hydrogen (secondary N) is 2. The Hall–Kier alpha value is -6.81. The maximum absolute atomic E-state index is 6.39. The number of fused-ring (bicyclic) bond motifs is 8. The van der Waals surface area contributed by atoms with Crippen LogP contribution >= 0.6 is 0 Å². The Bertz CT molecular complexity index is 2830. The van der Waals surface area contributed by atoms with E-state index >= 15 is 0 Å². The molecule has 0 unspecified atom stereocenters. The zero-order chi connectivity index (χ0) is 38.2. The van der Waals surface area contributed by atoms with Gasteiger partial charge in [-0.15, -0.1) is 0 Å². The molecule has 0 saturated heterocycles. The van der Waals surface area contributed by atoms with Crippen molar-refractivity contribution in [3.63, 3.8) is 0 Å². The summed E-state index contributed by atoms with van der Waals surface area (Å²) in [6, 6.07) is 45.6. The number of aromatic nitrogens is 4. The van der Waals surface area contributed by atoms with Crippen molar-refractivity contribution in [1.29, 1.82) is 0 Å². The minimum absolute atomic E-state index is 0. The molecule has 1 radical (unpaired) electrons. The smallest absolute Gasteiger partial charge is 0.190 e. The Morgan fingerprint density at radius 2 is 0.895 bits per heavy atom. The molecule has 2 N–H and O–H groups in total. The van der Waals surface area contributed by atoms with Gasteiger partial charge in [-0.3, -0.25) is 0 Å². The molecule has 7 aromatic rings. The van der Waals surface area contributed by atoms with E-state index in [1.165, 1.54) is 0 Å². The van der Waals surface area contributed by atoms with Gasteiger partial charge in [0.05, 0.1) is 62.1 Å². The molecule has 0 amide bonds. The van der Waals surface area contributed by atoms with Crippen LogP contribution in [-0.2, 0) is 21.5 Å². The minimum atomic E-state index is 0. The first-order valence-electron chi connectivity index (χ1n) is 18.3. The molecular formula is C48H38CoN4O4. The summed E-state index contributed by atoms with van der Waals surface area (Å²) in [5.41, 5.74) is 13.5. The fourth-order valence-corrected chi connectivity index (χ4v) is 7.78. The monoisotopic (exact) mass is 793 g/mol. The van der Waals surface area contributed by atoms with Crippen LogP contribution in [0, 0.1) is 0 Å². The fraction of sp³-hybridized carbons (Fsp3) is 0.0833. The Morgan fingerprint density at radius 1 is 0.421 bits per heavy atom. The van der Waals surface area contributed by atoms with Crippen molar-refractivity contribution in [3.8, 4) is 50.6 Å². The zero-order valence-electron chi connectivity index (χ0n) is 31.7. The van der Waals surface area contributed by atoms with Gasteiger partial charge in [-0.05, 0) is 46.5 Å². The molecule has 0 aliphatic carbocycles. The Balaban J connectivity index is 0.00000455. The molecule has 0 fully saturated rings. The predicted octanol–water partition coefficient (Wildman–Crippen LogP) is 11.1. The maximum Gasteiger partial charge on any atom is 0.190 e. The molecule has 4 aromatic carbocycles. The summed E-state index contributed by atoms with van der Waals surface area (Å²) in [6.07, 6.45) is 4.01. The first-order chi connectivity index (χ1) is 27.6. The molecule has 9 rings (SSSR count). The maximum atomic E-state index is 6.39. The molecule has 2 aliphatic heterocycles. The van der Waals surface area contributed by atoms with Crippen LogP contribution in [0.5, 0.6) is 17.2 Å². The number of ether oxygens (including phenoxy) is 4. The van der Waals surface area contributed by atoms with Crippen LogP contribution in [0.2, 0.25) is 0 Å². The summed E-state index contributed by atoms with van der Waals surface area (Å²) in [5.74, 6) is 1.94. The van der Waals surface area contributed by atoms with Crippen molar-refractivity contribution in [3.05, 3.63) is 162 Å². The van der Waals surface area contributed by atoms with Gasteiger partial charge >= 0.3 is 0 Å². The zero-order valence-corrected chi connectivity index (χ0v) is 32.8. The average molecular weight is 794 g/mol. The fourth-order valence-electron chi connectivity index (χ4n) is 7.78. The standard InChI is InChI=1S/C48H38N4O4.Co/c1-53-45-36-28-34-26-25-33(49-34)27-35-37(29-17-9-5-10-18-29)38(30-19-11-6-12-20-30)41(50-35)39(31-21-13-7-14-22-31)42-40(32-23-15-8-16-24-32)46(54-2)43(52-42)47(55-3)44(51-36)48(45)56-4;/h5-28,50-51H,1-4H3;. The number of H-pyrrole nitrogens is 2. The number of nitrogens with zero attached hydrogens (tertiary/aromatic N) is 2. The molecule has 0 atom stereocenters. The molecule has 3 aromatic heterocycles. The second kappa shape index (κ2) is 15.7. The second-order valence-electron chi connectivity index (χ2n) is 13.3. The quantitative estimate of drug-likeness (QED) is 0.159. The average Bonchev–Trinajstić information content (AvgIpc) is 4.03. The summed E-state index contributed by atoms with van der Waals surface area (Å²) < 4.78 is 24.6. The van der Waals surface area contributed by atoms with Crippen LogP contribution < -0.4 is 14.2 Å². The molecule has 0 spiro atoms.